The highest BCUT2D eigenvalue weighted by Crippen LogP contribution is 2.37. The fraction of sp³-hybridized carbons (Fsp3) is 0.0952. The molecule has 0 saturated heterocycles. The Morgan fingerprint density at radius 3 is 2.48 bits per heavy atom. The molecule has 0 radical (unpaired) electrons. The number of hydrogen-bond donors (Lipinski definition) is 1. The van der Waals surface area contributed by atoms with Crippen molar-refractivity contribution in [3.8, 4) is 5.75 Å². The maximum Gasteiger partial charge on any atom is 0.267 e. The molecule has 3 aromatic rings. The Morgan fingerprint density at radius 1 is 1.00 bits per heavy atom. The summed E-state index contributed by atoms with van der Waals surface area (Å²) in [5, 5.41) is 3.20. The summed E-state index contributed by atoms with van der Waals surface area (Å²) >= 11 is 5.96. The van der Waals surface area contributed by atoms with E-state index in [0.717, 1.165) is 0 Å². The van der Waals surface area contributed by atoms with Crippen LogP contribution in [0.1, 0.15) is 0 Å². The fourth-order valence-electron chi connectivity index (χ4n) is 3.08. The van der Waals surface area contributed by atoms with Crippen molar-refractivity contribution in [3.63, 3.8) is 0 Å². The molecule has 3 aromatic carbocycles. The smallest absolute Gasteiger partial charge is 0.267 e. The quantitative estimate of drug-likeness (QED) is 0.683. The normalized spacial score (nSPS) is 15.9. The van der Waals surface area contributed by atoms with Crippen LogP contribution in [0.2, 0.25) is 5.02 Å². The highest BCUT2D eigenvalue weighted by Gasteiger charge is 2.37. The van der Waals surface area contributed by atoms with Crippen molar-refractivity contribution in [1.82, 2.24) is 0 Å². The lowest BCUT2D eigenvalue weighted by atomic mass is 10.2. The maximum atomic E-state index is 13.2. The molecule has 148 valence electrons. The van der Waals surface area contributed by atoms with Gasteiger partial charge in [0.2, 0.25) is 0 Å². The Labute approximate surface area is 173 Å². The van der Waals surface area contributed by atoms with E-state index in [1.807, 2.05) is 0 Å². The number of carbonyl (C=O) groups is 1. The van der Waals surface area contributed by atoms with E-state index in [0.29, 0.717) is 22.1 Å². The van der Waals surface area contributed by atoms with Gasteiger partial charge in [-0.3, -0.25) is 9.10 Å². The van der Waals surface area contributed by atoms with Crippen LogP contribution in [-0.4, -0.2) is 27.0 Å². The van der Waals surface area contributed by atoms with Gasteiger partial charge in [-0.25, -0.2) is 8.42 Å². The van der Waals surface area contributed by atoms with Crippen molar-refractivity contribution in [2.75, 3.05) is 16.2 Å². The number of amides is 1. The number of benzene rings is 3. The number of ether oxygens (including phenoxy) is 1. The van der Waals surface area contributed by atoms with Crippen LogP contribution in [0.15, 0.2) is 83.8 Å². The first-order valence-corrected chi connectivity index (χ1v) is 10.7. The predicted octanol–water partition coefficient (Wildman–Crippen LogP) is 3.94. The van der Waals surface area contributed by atoms with Crippen LogP contribution in [0, 0.1) is 0 Å². The van der Waals surface area contributed by atoms with E-state index in [1.165, 1.54) is 16.4 Å². The van der Waals surface area contributed by atoms with Gasteiger partial charge in [0.05, 0.1) is 17.1 Å². The number of halogens is 1. The second kappa shape index (κ2) is 7.77. The summed E-state index contributed by atoms with van der Waals surface area (Å²) in [6, 6.07) is 21.5. The van der Waals surface area contributed by atoms with Gasteiger partial charge in [-0.05, 0) is 42.5 Å². The Kier molecular flexibility index (Phi) is 5.17. The first-order chi connectivity index (χ1) is 13.9. The van der Waals surface area contributed by atoms with Gasteiger partial charge in [0.1, 0.15) is 5.75 Å². The molecule has 1 atom stereocenters. The number of sulfonamides is 1. The summed E-state index contributed by atoms with van der Waals surface area (Å²) in [6.07, 6.45) is -1.03. The van der Waals surface area contributed by atoms with E-state index < -0.39 is 22.0 Å². The Morgan fingerprint density at radius 2 is 1.72 bits per heavy atom. The average Bonchev–Trinajstić information content (AvgIpc) is 2.73. The third-order valence-corrected chi connectivity index (χ3v) is 6.48. The molecule has 0 aromatic heterocycles. The van der Waals surface area contributed by atoms with Crippen molar-refractivity contribution < 1.29 is 17.9 Å². The van der Waals surface area contributed by atoms with Crippen molar-refractivity contribution in [2.24, 2.45) is 0 Å². The minimum absolute atomic E-state index is 0.144. The van der Waals surface area contributed by atoms with Gasteiger partial charge in [-0.1, -0.05) is 48.0 Å². The minimum Gasteiger partial charge on any atom is -0.476 e. The van der Waals surface area contributed by atoms with Crippen molar-refractivity contribution in [3.05, 3.63) is 83.9 Å². The largest absolute Gasteiger partial charge is 0.476 e. The first-order valence-electron chi connectivity index (χ1n) is 8.85. The molecular weight excluding hydrogens is 412 g/mol. The van der Waals surface area contributed by atoms with Crippen LogP contribution < -0.4 is 14.4 Å². The third kappa shape index (κ3) is 3.92. The first kappa shape index (κ1) is 19.3. The number of anilines is 2. The summed E-state index contributed by atoms with van der Waals surface area (Å²) in [5.41, 5.74) is 0.894. The van der Waals surface area contributed by atoms with E-state index in [1.54, 1.807) is 66.7 Å². The van der Waals surface area contributed by atoms with Crippen LogP contribution in [0.5, 0.6) is 5.75 Å². The molecule has 1 amide bonds. The van der Waals surface area contributed by atoms with Gasteiger partial charge in [-0.15, -0.1) is 0 Å². The van der Waals surface area contributed by atoms with E-state index in [-0.39, 0.29) is 11.4 Å². The van der Waals surface area contributed by atoms with E-state index in [4.69, 9.17) is 16.3 Å². The average molecular weight is 429 g/mol. The summed E-state index contributed by atoms with van der Waals surface area (Å²) < 4.78 is 33.5. The highest BCUT2D eigenvalue weighted by molar-refractivity contribution is 7.92. The molecule has 0 saturated carbocycles. The van der Waals surface area contributed by atoms with Crippen LogP contribution in [0.3, 0.4) is 0 Å². The van der Waals surface area contributed by atoms with E-state index in [9.17, 15) is 13.2 Å². The molecule has 6 nitrogen and oxygen atoms in total. The van der Waals surface area contributed by atoms with Gasteiger partial charge in [0.25, 0.3) is 15.9 Å². The number of fused-ring (bicyclic) bond motifs is 1. The van der Waals surface area contributed by atoms with E-state index in [2.05, 4.69) is 5.32 Å². The summed E-state index contributed by atoms with van der Waals surface area (Å²) in [6.45, 7) is -0.152. The molecule has 4 rings (SSSR count). The summed E-state index contributed by atoms with van der Waals surface area (Å²) in [4.78, 5) is 12.9. The van der Waals surface area contributed by atoms with E-state index >= 15 is 0 Å². The number of nitrogens with zero attached hydrogens (tertiary/aromatic N) is 1. The van der Waals surface area contributed by atoms with Crippen LogP contribution in [0.25, 0.3) is 0 Å². The minimum atomic E-state index is -3.87. The predicted molar refractivity (Wildman–Crippen MR) is 112 cm³/mol. The lowest BCUT2D eigenvalue weighted by Gasteiger charge is -2.34. The molecule has 0 aliphatic carbocycles. The van der Waals surface area contributed by atoms with Gasteiger partial charge < -0.3 is 10.1 Å². The maximum absolute atomic E-state index is 13.2. The zero-order chi connectivity index (χ0) is 20.4. The van der Waals surface area contributed by atoms with Gasteiger partial charge in [0.15, 0.2) is 6.10 Å². The molecule has 0 spiro atoms. The molecule has 1 N–H and O–H groups in total. The standard InChI is InChI=1S/C21H17ClN2O4S/c22-15-7-6-8-16(13-15)23-21(25)20-14-24(18-11-4-5-12-19(18)28-20)29(26,27)17-9-2-1-3-10-17/h1-13,20H,14H2,(H,23,25). The molecule has 1 unspecified atom stereocenters. The van der Waals surface area contributed by atoms with Crippen LogP contribution in [0.4, 0.5) is 11.4 Å². The molecule has 0 fully saturated rings. The molecule has 0 bridgehead atoms. The highest BCUT2D eigenvalue weighted by atomic mass is 35.5. The van der Waals surface area contributed by atoms with Crippen molar-refractivity contribution >= 4 is 38.9 Å². The molecule has 1 aliphatic rings. The van der Waals surface area contributed by atoms with Gasteiger partial charge in [0, 0.05) is 10.7 Å². The van der Waals surface area contributed by atoms with Crippen molar-refractivity contribution in [1.29, 1.82) is 0 Å². The second-order valence-corrected chi connectivity index (χ2v) is 8.72. The summed E-state index contributed by atoms with van der Waals surface area (Å²) in [7, 11) is -3.87. The topological polar surface area (TPSA) is 75.7 Å². The molecule has 1 aliphatic heterocycles. The third-order valence-electron chi connectivity index (χ3n) is 4.45. The molecular formula is C21H17ClN2O4S. The molecule has 29 heavy (non-hydrogen) atoms. The molecule has 8 heteroatoms. The Balaban J connectivity index is 1.67. The monoisotopic (exact) mass is 428 g/mol. The lowest BCUT2D eigenvalue weighted by Crippen LogP contribution is -2.48. The zero-order valence-electron chi connectivity index (χ0n) is 15.2. The zero-order valence-corrected chi connectivity index (χ0v) is 16.7. The number of carbonyl (C=O) groups excluding carboxylic acids is 1. The van der Waals surface area contributed by atoms with Gasteiger partial charge in [-0.2, -0.15) is 0 Å². The number of hydrogen-bond acceptors (Lipinski definition) is 4. The number of para-hydroxylation sites is 2. The molecule has 1 heterocycles. The van der Waals surface area contributed by atoms with Gasteiger partial charge >= 0.3 is 0 Å². The van der Waals surface area contributed by atoms with Crippen LogP contribution >= 0.6 is 11.6 Å². The Hall–Kier alpha value is -3.03. The lowest BCUT2D eigenvalue weighted by molar-refractivity contribution is -0.122. The number of nitrogens with one attached hydrogen (secondary N) is 1. The van der Waals surface area contributed by atoms with Crippen molar-refractivity contribution in [2.45, 2.75) is 11.0 Å². The fourth-order valence-corrected chi connectivity index (χ4v) is 4.76. The number of rotatable bonds is 4. The Bertz CT molecular complexity index is 1150. The second-order valence-electron chi connectivity index (χ2n) is 6.42. The van der Waals surface area contributed by atoms with Crippen LogP contribution in [-0.2, 0) is 14.8 Å². The SMILES string of the molecule is O=C(Nc1cccc(Cl)c1)C1CN(S(=O)(=O)c2ccccc2)c2ccccc2O1. The summed E-state index contributed by atoms with van der Waals surface area (Å²) in [5.74, 6) is -0.139.